The number of benzene rings is 3. The molecule has 0 spiro atoms. The van der Waals surface area contributed by atoms with Crippen molar-refractivity contribution in [1.29, 1.82) is 5.26 Å². The summed E-state index contributed by atoms with van der Waals surface area (Å²) in [5.74, 6) is 1.23. The van der Waals surface area contributed by atoms with Gasteiger partial charge in [0, 0.05) is 5.56 Å². The van der Waals surface area contributed by atoms with Crippen LogP contribution in [0.15, 0.2) is 87.2 Å². The van der Waals surface area contributed by atoms with Crippen molar-refractivity contribution < 1.29 is 4.42 Å². The van der Waals surface area contributed by atoms with Crippen LogP contribution in [-0.4, -0.2) is 19.7 Å². The van der Waals surface area contributed by atoms with Gasteiger partial charge in [-0.1, -0.05) is 41.6 Å². The summed E-state index contributed by atoms with van der Waals surface area (Å²) >= 11 is 1.34. The van der Waals surface area contributed by atoms with Crippen molar-refractivity contribution in [3.8, 4) is 23.2 Å². The Morgan fingerprint density at radius 3 is 2.52 bits per heavy atom. The van der Waals surface area contributed by atoms with Crippen molar-refractivity contribution in [1.82, 2.24) is 19.7 Å². The van der Waals surface area contributed by atoms with E-state index in [0.717, 1.165) is 11.1 Å². The van der Waals surface area contributed by atoms with Crippen LogP contribution in [0, 0.1) is 18.3 Å². The maximum atomic E-state index is 13.3. The molecule has 3 aromatic carbocycles. The van der Waals surface area contributed by atoms with Crippen LogP contribution in [-0.2, 0) is 5.75 Å². The minimum absolute atomic E-state index is 0.182. The molecule has 0 aliphatic heterocycles. The van der Waals surface area contributed by atoms with Gasteiger partial charge >= 0.3 is 0 Å². The van der Waals surface area contributed by atoms with Crippen molar-refractivity contribution in [2.75, 3.05) is 0 Å². The summed E-state index contributed by atoms with van der Waals surface area (Å²) < 4.78 is 7.38. The minimum Gasteiger partial charge on any atom is -0.420 e. The maximum absolute atomic E-state index is 13.3. The average Bonchev–Trinajstić information content (AvgIpc) is 3.32. The number of fused-ring (bicyclic) bond motifs is 1. The van der Waals surface area contributed by atoms with Gasteiger partial charge in [0.2, 0.25) is 11.8 Å². The Kier molecular flexibility index (Phi) is 5.47. The molecule has 33 heavy (non-hydrogen) atoms. The first kappa shape index (κ1) is 20.7. The topological polar surface area (TPSA) is 97.6 Å². The zero-order valence-corrected chi connectivity index (χ0v) is 18.4. The van der Waals surface area contributed by atoms with E-state index in [4.69, 9.17) is 14.7 Å². The number of para-hydroxylation sites is 1. The lowest BCUT2D eigenvalue weighted by Gasteiger charge is -2.12. The quantitative estimate of drug-likeness (QED) is 0.277. The zero-order valence-electron chi connectivity index (χ0n) is 17.6. The van der Waals surface area contributed by atoms with Crippen LogP contribution < -0.4 is 5.56 Å². The first-order valence-electron chi connectivity index (χ1n) is 10.2. The van der Waals surface area contributed by atoms with Gasteiger partial charge < -0.3 is 4.42 Å². The molecule has 0 fully saturated rings. The molecule has 0 radical (unpaired) electrons. The lowest BCUT2D eigenvalue weighted by Crippen LogP contribution is -2.21. The zero-order chi connectivity index (χ0) is 22.8. The highest BCUT2D eigenvalue weighted by Gasteiger charge is 2.16. The van der Waals surface area contributed by atoms with Crippen molar-refractivity contribution in [2.24, 2.45) is 0 Å². The fraction of sp³-hybridized carbons (Fsp3) is 0.0800. The lowest BCUT2D eigenvalue weighted by molar-refractivity contribution is 0.528. The highest BCUT2D eigenvalue weighted by atomic mass is 32.2. The molecular weight excluding hydrogens is 434 g/mol. The Balaban J connectivity index is 1.50. The Morgan fingerprint density at radius 1 is 1.00 bits per heavy atom. The van der Waals surface area contributed by atoms with Gasteiger partial charge in [0.25, 0.3) is 5.56 Å². The van der Waals surface area contributed by atoms with Crippen LogP contribution in [0.25, 0.3) is 28.0 Å². The summed E-state index contributed by atoms with van der Waals surface area (Å²) in [6.45, 7) is 2.02. The van der Waals surface area contributed by atoms with Gasteiger partial charge in [0.05, 0.1) is 34.0 Å². The number of hydrogen-bond acceptors (Lipinski definition) is 7. The van der Waals surface area contributed by atoms with Gasteiger partial charge in [-0.2, -0.15) is 5.26 Å². The normalized spacial score (nSPS) is 10.9. The van der Waals surface area contributed by atoms with E-state index in [9.17, 15) is 4.79 Å². The summed E-state index contributed by atoms with van der Waals surface area (Å²) in [7, 11) is 0. The molecule has 8 heteroatoms. The fourth-order valence-electron chi connectivity index (χ4n) is 3.37. The second-order valence-corrected chi connectivity index (χ2v) is 8.31. The smallest absolute Gasteiger partial charge is 0.266 e. The monoisotopic (exact) mass is 451 g/mol. The van der Waals surface area contributed by atoms with Gasteiger partial charge in [0.1, 0.15) is 0 Å². The van der Waals surface area contributed by atoms with Crippen LogP contribution in [0.1, 0.15) is 17.0 Å². The van der Waals surface area contributed by atoms with Gasteiger partial charge in [0.15, 0.2) is 5.16 Å². The third kappa shape index (κ3) is 4.14. The summed E-state index contributed by atoms with van der Waals surface area (Å²) in [6.07, 6.45) is 0. The lowest BCUT2D eigenvalue weighted by atomic mass is 10.1. The molecule has 2 heterocycles. The van der Waals surface area contributed by atoms with E-state index in [-0.39, 0.29) is 5.56 Å². The van der Waals surface area contributed by atoms with Crippen LogP contribution in [0.3, 0.4) is 0 Å². The minimum atomic E-state index is -0.182. The number of aromatic nitrogens is 4. The molecule has 0 unspecified atom stereocenters. The second-order valence-electron chi connectivity index (χ2n) is 7.37. The van der Waals surface area contributed by atoms with E-state index in [2.05, 4.69) is 16.3 Å². The molecule has 0 atom stereocenters. The Hall–Kier alpha value is -4.22. The molecule has 0 N–H and O–H groups in total. The van der Waals surface area contributed by atoms with Gasteiger partial charge in [-0.05, 0) is 55.5 Å². The molecule has 160 valence electrons. The Morgan fingerprint density at radius 2 is 1.76 bits per heavy atom. The number of hydrogen-bond donors (Lipinski definition) is 0. The first-order chi connectivity index (χ1) is 16.1. The summed E-state index contributed by atoms with van der Waals surface area (Å²) in [5, 5.41) is 18.4. The van der Waals surface area contributed by atoms with E-state index in [0.29, 0.717) is 44.8 Å². The summed E-state index contributed by atoms with van der Waals surface area (Å²) in [6, 6.07) is 24.0. The highest BCUT2D eigenvalue weighted by Crippen LogP contribution is 2.26. The van der Waals surface area contributed by atoms with Gasteiger partial charge in [-0.25, -0.2) is 4.98 Å². The van der Waals surface area contributed by atoms with E-state index < -0.39 is 0 Å². The molecule has 0 aliphatic rings. The van der Waals surface area contributed by atoms with E-state index >= 15 is 0 Å². The number of thioether (sulfide) groups is 1. The second kappa shape index (κ2) is 8.73. The number of aryl methyl sites for hydroxylation is 1. The van der Waals surface area contributed by atoms with E-state index in [1.807, 2.05) is 49.4 Å². The summed E-state index contributed by atoms with van der Waals surface area (Å²) in [5.41, 5.74) is 3.58. The Labute approximate surface area is 193 Å². The molecule has 5 rings (SSSR count). The predicted molar refractivity (Wildman–Crippen MR) is 126 cm³/mol. The summed E-state index contributed by atoms with van der Waals surface area (Å²) in [4.78, 5) is 18.0. The molecule has 5 aromatic rings. The van der Waals surface area contributed by atoms with Crippen molar-refractivity contribution in [2.45, 2.75) is 17.8 Å². The van der Waals surface area contributed by atoms with Crippen LogP contribution in [0.2, 0.25) is 0 Å². The molecule has 0 aliphatic carbocycles. The third-order valence-electron chi connectivity index (χ3n) is 5.09. The standard InChI is InChI=1S/C25H17N5O2S/c1-16-6-10-18(11-7-16)23-29-28-22(32-23)15-33-25-27-21-5-3-2-4-20(21)24(31)30(25)19-12-8-17(14-26)9-13-19/h2-13H,15H2,1H3. The van der Waals surface area contributed by atoms with Gasteiger partial charge in [-0.3, -0.25) is 9.36 Å². The average molecular weight is 452 g/mol. The molecule has 0 amide bonds. The van der Waals surface area contributed by atoms with Crippen molar-refractivity contribution in [3.63, 3.8) is 0 Å². The first-order valence-corrected chi connectivity index (χ1v) is 11.2. The fourth-order valence-corrected chi connectivity index (χ4v) is 4.22. The predicted octanol–water partition coefficient (Wildman–Crippen LogP) is 4.91. The third-order valence-corrected chi connectivity index (χ3v) is 6.01. The molecule has 2 aromatic heterocycles. The van der Waals surface area contributed by atoms with Crippen LogP contribution in [0.4, 0.5) is 0 Å². The number of rotatable bonds is 5. The Bertz CT molecular complexity index is 1550. The molecule has 7 nitrogen and oxygen atoms in total. The number of nitriles is 1. The molecule has 0 saturated carbocycles. The molecular formula is C25H17N5O2S. The largest absolute Gasteiger partial charge is 0.420 e. The van der Waals surface area contributed by atoms with Crippen LogP contribution in [0.5, 0.6) is 0 Å². The molecule has 0 bridgehead atoms. The molecule has 0 saturated heterocycles. The van der Waals surface area contributed by atoms with Crippen LogP contribution >= 0.6 is 11.8 Å². The highest BCUT2D eigenvalue weighted by molar-refractivity contribution is 7.98. The SMILES string of the molecule is Cc1ccc(-c2nnc(CSc3nc4ccccc4c(=O)n3-c3ccc(C#N)cc3)o2)cc1. The van der Waals surface area contributed by atoms with Crippen molar-refractivity contribution in [3.05, 3.63) is 100 Å². The van der Waals surface area contributed by atoms with E-state index in [1.54, 1.807) is 34.9 Å². The maximum Gasteiger partial charge on any atom is 0.266 e. The van der Waals surface area contributed by atoms with Gasteiger partial charge in [-0.15, -0.1) is 10.2 Å². The van der Waals surface area contributed by atoms with Crippen molar-refractivity contribution >= 4 is 22.7 Å². The van der Waals surface area contributed by atoms with E-state index in [1.165, 1.54) is 11.8 Å². The number of nitrogens with zero attached hydrogens (tertiary/aromatic N) is 5.